The Bertz CT molecular complexity index is 1270. The predicted octanol–water partition coefficient (Wildman–Crippen LogP) is 7.37. The Morgan fingerprint density at radius 2 is 1.86 bits per heavy atom. The number of aromatic nitrogens is 3. The van der Waals surface area contributed by atoms with E-state index in [1.165, 1.54) is 18.4 Å². The van der Waals surface area contributed by atoms with E-state index in [1.54, 1.807) is 17.3 Å². The summed E-state index contributed by atoms with van der Waals surface area (Å²) < 4.78 is 6.73. The molecular formula is C30H34N4OS. The lowest BCUT2D eigenvalue weighted by Gasteiger charge is -2.48. The first-order valence-corrected chi connectivity index (χ1v) is 14.1. The third-order valence-corrected chi connectivity index (χ3v) is 9.24. The maximum atomic E-state index is 6.73. The molecule has 0 amide bonds. The fourth-order valence-electron chi connectivity index (χ4n) is 6.24. The molecule has 0 bridgehead atoms. The summed E-state index contributed by atoms with van der Waals surface area (Å²) in [4.78, 5) is 4.88. The van der Waals surface area contributed by atoms with Crippen molar-refractivity contribution in [2.24, 2.45) is 23.2 Å². The number of nitrogens with zero attached hydrogens (tertiary/aromatic N) is 3. The monoisotopic (exact) mass is 498 g/mol. The van der Waals surface area contributed by atoms with Gasteiger partial charge in [-0.1, -0.05) is 92.7 Å². The average Bonchev–Trinajstić information content (AvgIpc) is 3.04. The molecule has 6 heteroatoms. The van der Waals surface area contributed by atoms with Crippen LogP contribution in [-0.4, -0.2) is 21.4 Å². The van der Waals surface area contributed by atoms with Crippen LogP contribution in [0.4, 0.5) is 5.69 Å². The van der Waals surface area contributed by atoms with Gasteiger partial charge in [-0.15, -0.1) is 10.2 Å². The van der Waals surface area contributed by atoms with Crippen LogP contribution in [0, 0.1) is 23.2 Å². The van der Waals surface area contributed by atoms with Crippen molar-refractivity contribution in [1.29, 1.82) is 0 Å². The molecule has 3 aromatic rings. The second-order valence-corrected chi connectivity index (χ2v) is 12.1. The third-order valence-electron chi connectivity index (χ3n) is 8.34. The van der Waals surface area contributed by atoms with Crippen LogP contribution in [0.15, 0.2) is 71.4 Å². The van der Waals surface area contributed by atoms with E-state index < -0.39 is 0 Å². The Balaban J connectivity index is 1.31. The first kappa shape index (κ1) is 23.5. The maximum absolute atomic E-state index is 6.73. The minimum absolute atomic E-state index is 0.162. The Morgan fingerprint density at radius 1 is 1.06 bits per heavy atom. The molecule has 1 fully saturated rings. The molecular weight excluding hydrogens is 464 g/mol. The first-order valence-electron chi connectivity index (χ1n) is 13.1. The zero-order chi connectivity index (χ0) is 24.7. The van der Waals surface area contributed by atoms with Crippen LogP contribution in [-0.2, 0) is 5.75 Å². The molecule has 1 saturated carbocycles. The topological polar surface area (TPSA) is 59.9 Å². The van der Waals surface area contributed by atoms with Crippen LogP contribution in [0.1, 0.15) is 52.0 Å². The molecule has 0 unspecified atom stereocenters. The van der Waals surface area contributed by atoms with E-state index in [2.05, 4.69) is 84.8 Å². The Kier molecular flexibility index (Phi) is 6.24. The summed E-state index contributed by atoms with van der Waals surface area (Å²) in [5.41, 5.74) is 5.98. The fourth-order valence-corrected chi connectivity index (χ4v) is 6.97. The number of para-hydroxylation sites is 1. The average molecular weight is 499 g/mol. The standard InChI is InChI=1S/C30H34N4OS/c1-19-16-21-12-9-15-30(2,3)24(21)17-23(19)27-31-25-14-8-7-13-22(25)26-28(35-27)32-29(34-33-26)36-18-20-10-5-4-6-11-20/h4-8,10-14,19,23-24,27,31H,9,15-18H2,1-3H3/t19-,23+,24-,27-/m1/s1. The third kappa shape index (κ3) is 4.52. The number of nitrogens with one attached hydrogen (secondary N) is 1. The number of thioether (sulfide) groups is 1. The van der Waals surface area contributed by atoms with Gasteiger partial charge in [0, 0.05) is 22.9 Å². The van der Waals surface area contributed by atoms with Crippen LogP contribution in [0.3, 0.4) is 0 Å². The van der Waals surface area contributed by atoms with E-state index in [0.717, 1.165) is 29.8 Å². The molecule has 1 aliphatic heterocycles. The lowest BCUT2D eigenvalue weighted by atomic mass is 9.59. The normalized spacial score (nSPS) is 26.2. The maximum Gasteiger partial charge on any atom is 0.247 e. The first-order chi connectivity index (χ1) is 17.5. The van der Waals surface area contributed by atoms with Gasteiger partial charge in [0.2, 0.25) is 11.0 Å². The van der Waals surface area contributed by atoms with E-state index >= 15 is 0 Å². The summed E-state index contributed by atoms with van der Waals surface area (Å²) >= 11 is 1.59. The molecule has 6 rings (SSSR count). The van der Waals surface area contributed by atoms with Gasteiger partial charge in [0.15, 0.2) is 11.9 Å². The van der Waals surface area contributed by atoms with Gasteiger partial charge in [-0.05, 0) is 54.6 Å². The number of allylic oxidation sites excluding steroid dienone is 2. The summed E-state index contributed by atoms with van der Waals surface area (Å²) in [6.45, 7) is 7.26. The van der Waals surface area contributed by atoms with Crippen LogP contribution >= 0.6 is 11.8 Å². The number of ether oxygens (including phenoxy) is 1. The number of hydrogen-bond acceptors (Lipinski definition) is 6. The van der Waals surface area contributed by atoms with Crippen LogP contribution in [0.25, 0.3) is 11.3 Å². The van der Waals surface area contributed by atoms with Crippen molar-refractivity contribution < 1.29 is 4.74 Å². The number of fused-ring (bicyclic) bond motifs is 4. The quantitative estimate of drug-likeness (QED) is 0.299. The Labute approximate surface area is 218 Å². The van der Waals surface area contributed by atoms with E-state index in [0.29, 0.717) is 39.9 Å². The largest absolute Gasteiger partial charge is 0.452 e. The summed E-state index contributed by atoms with van der Waals surface area (Å²) in [5, 5.41) is 13.5. The molecule has 36 heavy (non-hydrogen) atoms. The molecule has 3 aliphatic rings. The number of hydrogen-bond donors (Lipinski definition) is 1. The fraction of sp³-hybridized carbons (Fsp3) is 0.433. The van der Waals surface area contributed by atoms with Gasteiger partial charge in [0.25, 0.3) is 0 Å². The minimum Gasteiger partial charge on any atom is -0.452 e. The summed E-state index contributed by atoms with van der Waals surface area (Å²) in [5.74, 6) is 2.88. The molecule has 1 N–H and O–H groups in total. The van der Waals surface area contributed by atoms with Gasteiger partial charge >= 0.3 is 0 Å². The highest BCUT2D eigenvalue weighted by atomic mass is 32.2. The van der Waals surface area contributed by atoms with Crippen LogP contribution in [0.2, 0.25) is 0 Å². The molecule has 0 saturated heterocycles. The predicted molar refractivity (Wildman–Crippen MR) is 146 cm³/mol. The van der Waals surface area contributed by atoms with Crippen molar-refractivity contribution in [3.63, 3.8) is 0 Å². The van der Waals surface area contributed by atoms with Gasteiger partial charge in [-0.3, -0.25) is 0 Å². The molecule has 186 valence electrons. The highest BCUT2D eigenvalue weighted by molar-refractivity contribution is 7.98. The zero-order valence-electron chi connectivity index (χ0n) is 21.3. The lowest BCUT2D eigenvalue weighted by Crippen LogP contribution is -2.45. The van der Waals surface area contributed by atoms with Crippen LogP contribution in [0.5, 0.6) is 5.88 Å². The van der Waals surface area contributed by atoms with Crippen molar-refractivity contribution in [2.45, 2.75) is 63.6 Å². The summed E-state index contributed by atoms with van der Waals surface area (Å²) in [7, 11) is 0. The number of benzene rings is 2. The van der Waals surface area contributed by atoms with Crippen molar-refractivity contribution in [2.75, 3.05) is 5.32 Å². The minimum atomic E-state index is -0.162. The van der Waals surface area contributed by atoms with E-state index in [1.807, 2.05) is 12.1 Å². The second-order valence-electron chi connectivity index (χ2n) is 11.2. The molecule has 1 aromatic heterocycles. The zero-order valence-corrected chi connectivity index (χ0v) is 22.1. The molecule has 2 aromatic carbocycles. The number of anilines is 1. The van der Waals surface area contributed by atoms with Gasteiger partial charge in [-0.2, -0.15) is 4.98 Å². The SMILES string of the molecule is C[C@@H]1CC2=CCCC(C)(C)[C@@H]2C[C@@H]1[C@@H]1Nc2ccccc2-c2nnc(SCc3ccccc3)nc2O1. The highest BCUT2D eigenvalue weighted by Crippen LogP contribution is 2.52. The van der Waals surface area contributed by atoms with Crippen molar-refractivity contribution in [3.8, 4) is 17.1 Å². The molecule has 2 aliphatic carbocycles. The van der Waals surface area contributed by atoms with Crippen molar-refractivity contribution in [1.82, 2.24) is 15.2 Å². The summed E-state index contributed by atoms with van der Waals surface area (Å²) in [6, 6.07) is 18.7. The Morgan fingerprint density at radius 3 is 2.72 bits per heavy atom. The number of rotatable bonds is 4. The highest BCUT2D eigenvalue weighted by Gasteiger charge is 2.44. The molecule has 0 spiro atoms. The van der Waals surface area contributed by atoms with Crippen molar-refractivity contribution >= 4 is 17.4 Å². The van der Waals surface area contributed by atoms with E-state index in [4.69, 9.17) is 9.72 Å². The molecule has 0 radical (unpaired) electrons. The van der Waals surface area contributed by atoms with Crippen molar-refractivity contribution in [3.05, 3.63) is 71.8 Å². The van der Waals surface area contributed by atoms with Crippen LogP contribution < -0.4 is 10.1 Å². The van der Waals surface area contributed by atoms with Gasteiger partial charge in [-0.25, -0.2) is 0 Å². The lowest BCUT2D eigenvalue weighted by molar-refractivity contribution is 0.0519. The van der Waals surface area contributed by atoms with Gasteiger partial charge in [0.1, 0.15) is 0 Å². The second kappa shape index (κ2) is 9.55. The summed E-state index contributed by atoms with van der Waals surface area (Å²) in [6.07, 6.45) is 7.10. The Hall–Kier alpha value is -2.86. The smallest absolute Gasteiger partial charge is 0.247 e. The molecule has 5 nitrogen and oxygen atoms in total. The molecule has 4 atom stereocenters. The van der Waals surface area contributed by atoms with Gasteiger partial charge in [0.05, 0.1) is 0 Å². The van der Waals surface area contributed by atoms with E-state index in [9.17, 15) is 0 Å². The van der Waals surface area contributed by atoms with Gasteiger partial charge < -0.3 is 10.1 Å². The molecule has 2 heterocycles. The van der Waals surface area contributed by atoms with E-state index in [-0.39, 0.29) is 6.23 Å².